The predicted molar refractivity (Wildman–Crippen MR) is 171 cm³/mol. The Hall–Kier alpha value is -3.05. The van der Waals surface area contributed by atoms with E-state index in [9.17, 15) is 10.2 Å². The Bertz CT molecular complexity index is 1430. The first-order chi connectivity index (χ1) is 19.0. The maximum absolute atomic E-state index is 12.9. The third-order valence-electron chi connectivity index (χ3n) is 7.49. The molecule has 0 bridgehead atoms. The minimum Gasteiger partial charge on any atom is -0.872 e. The Balaban J connectivity index is 0.000000293. The summed E-state index contributed by atoms with van der Waals surface area (Å²) in [5, 5.41) is 40.1. The van der Waals surface area contributed by atoms with Crippen LogP contribution in [-0.2, 0) is 38.2 Å². The second-order valence-electron chi connectivity index (χ2n) is 15.7. The summed E-state index contributed by atoms with van der Waals surface area (Å²) >= 11 is 0. The van der Waals surface area contributed by atoms with Gasteiger partial charge in [0.1, 0.15) is 0 Å². The van der Waals surface area contributed by atoms with Gasteiger partial charge in [0.25, 0.3) is 0 Å². The Labute approximate surface area is 269 Å². The van der Waals surface area contributed by atoms with E-state index in [2.05, 4.69) is 116 Å². The number of nitrogens with zero attached hydrogens (tertiary/aromatic N) is 2. The average molecular weight is 630 g/mol. The van der Waals surface area contributed by atoms with Crippen LogP contribution < -0.4 is 10.2 Å². The van der Waals surface area contributed by atoms with E-state index < -0.39 is 0 Å². The molecule has 6 nitrogen and oxygen atoms in total. The number of benzene rings is 2. The molecule has 0 aliphatic carbocycles. The molecule has 0 amide bonds. The zero-order valence-corrected chi connectivity index (χ0v) is 29.5. The van der Waals surface area contributed by atoms with Crippen molar-refractivity contribution >= 4 is 0 Å². The first-order valence-electron chi connectivity index (χ1n) is 14.8. The second kappa shape index (κ2) is 12.5. The van der Waals surface area contributed by atoms with Gasteiger partial charge in [0.05, 0.1) is 11.4 Å². The van der Waals surface area contributed by atoms with Gasteiger partial charge in [-0.3, -0.25) is 10.2 Å². The van der Waals surface area contributed by atoms with E-state index in [1.54, 1.807) is 0 Å². The van der Waals surface area contributed by atoms with Crippen molar-refractivity contribution in [3.63, 3.8) is 0 Å². The van der Waals surface area contributed by atoms with Crippen LogP contribution in [0.15, 0.2) is 36.4 Å². The van der Waals surface area contributed by atoms with Gasteiger partial charge in [0, 0.05) is 11.4 Å². The van der Waals surface area contributed by atoms with Crippen molar-refractivity contribution in [2.24, 2.45) is 0 Å². The van der Waals surface area contributed by atoms with Crippen molar-refractivity contribution in [2.75, 3.05) is 0 Å². The fourth-order valence-corrected chi connectivity index (χ4v) is 4.73. The summed E-state index contributed by atoms with van der Waals surface area (Å²) in [5.74, 6) is 0.170. The molecule has 0 unspecified atom stereocenters. The molecule has 0 saturated heterocycles. The van der Waals surface area contributed by atoms with E-state index in [-0.39, 0.29) is 49.7 Å². The van der Waals surface area contributed by atoms with E-state index in [0.29, 0.717) is 11.1 Å². The van der Waals surface area contributed by atoms with Gasteiger partial charge in [-0.25, -0.2) is 0 Å². The first kappa shape index (κ1) is 36.1. The second-order valence-corrected chi connectivity index (χ2v) is 15.7. The summed E-state index contributed by atoms with van der Waals surface area (Å²) < 4.78 is 0. The van der Waals surface area contributed by atoms with Gasteiger partial charge in [-0.2, -0.15) is 10.2 Å². The average Bonchev–Trinajstić information content (AvgIpc) is 3.44. The third-order valence-corrected chi connectivity index (χ3v) is 7.49. The molecule has 2 aromatic heterocycles. The van der Waals surface area contributed by atoms with Crippen LogP contribution >= 0.6 is 0 Å². The fraction of sp³-hybridized carbons (Fsp3) is 0.500. The number of hydrogen-bond acceptors (Lipinski definition) is 4. The molecule has 7 heteroatoms. The van der Waals surface area contributed by atoms with Crippen molar-refractivity contribution in [3.8, 4) is 34.0 Å². The Kier molecular flexibility index (Phi) is 10.5. The summed E-state index contributed by atoms with van der Waals surface area (Å²) in [5.41, 5.74) is 8.43. The summed E-state index contributed by atoms with van der Waals surface area (Å²) in [7, 11) is 0. The largest absolute Gasteiger partial charge is 2.00 e. The third kappa shape index (κ3) is 8.53. The standard InChI is InChI=1S/2C18H26N2O.Ni/c2*1-11-8-15(20-19-11)13-9-12(17(2,3)4)10-14(16(13)21)18(5,6)7;/h2*8-10,21H,1-7H3,(H,19,20);/q;;+2/p-2. The van der Waals surface area contributed by atoms with E-state index in [0.717, 1.165) is 33.9 Å². The topological polar surface area (TPSA) is 103 Å². The summed E-state index contributed by atoms with van der Waals surface area (Å²) in [4.78, 5) is 0. The molecule has 0 fully saturated rings. The SMILES string of the molecule is Cc1cc(-c2cc(C(C)(C)C)cc(C(C)(C)C)c2[O-])n[nH]1.Cc1cc(-c2cc(C(C)(C)C)cc(C(C)(C)C)c2[O-])n[nH]1.[Ni+2]. The van der Waals surface area contributed by atoms with Crippen LogP contribution in [0.5, 0.6) is 11.5 Å². The Morgan fingerprint density at radius 3 is 1.00 bits per heavy atom. The van der Waals surface area contributed by atoms with Crippen LogP contribution in [0.3, 0.4) is 0 Å². The molecule has 0 spiro atoms. The molecular formula is C36H50N4NiO2. The molecule has 0 atom stereocenters. The maximum atomic E-state index is 12.9. The fourth-order valence-electron chi connectivity index (χ4n) is 4.73. The Morgan fingerprint density at radius 1 is 0.488 bits per heavy atom. The van der Waals surface area contributed by atoms with Crippen LogP contribution in [0.25, 0.3) is 22.5 Å². The Morgan fingerprint density at radius 2 is 0.791 bits per heavy atom. The van der Waals surface area contributed by atoms with Crippen molar-refractivity contribution in [3.05, 3.63) is 70.0 Å². The van der Waals surface area contributed by atoms with Crippen LogP contribution in [0.2, 0.25) is 0 Å². The van der Waals surface area contributed by atoms with Crippen molar-refractivity contribution < 1.29 is 26.7 Å². The number of H-pyrrole nitrogens is 2. The molecule has 0 saturated carbocycles. The number of aromatic amines is 2. The first-order valence-corrected chi connectivity index (χ1v) is 14.8. The van der Waals surface area contributed by atoms with Crippen molar-refractivity contribution in [1.82, 2.24) is 20.4 Å². The van der Waals surface area contributed by atoms with E-state index >= 15 is 0 Å². The molecule has 4 rings (SSSR count). The zero-order chi connectivity index (χ0) is 32.0. The van der Waals surface area contributed by atoms with Gasteiger partial charge in [0.2, 0.25) is 0 Å². The van der Waals surface area contributed by atoms with E-state index in [1.807, 2.05) is 38.1 Å². The van der Waals surface area contributed by atoms with Crippen molar-refractivity contribution in [1.29, 1.82) is 0 Å². The van der Waals surface area contributed by atoms with Gasteiger partial charge in [-0.1, -0.05) is 107 Å². The molecule has 0 aliphatic rings. The van der Waals surface area contributed by atoms with Gasteiger partial charge < -0.3 is 10.2 Å². The molecule has 236 valence electrons. The quantitative estimate of drug-likeness (QED) is 0.219. The van der Waals surface area contributed by atoms with Crippen LogP contribution in [-0.4, -0.2) is 20.4 Å². The summed E-state index contributed by atoms with van der Waals surface area (Å²) in [6, 6.07) is 12.0. The number of rotatable bonds is 2. The van der Waals surface area contributed by atoms with Crippen LogP contribution in [0, 0.1) is 13.8 Å². The minimum absolute atomic E-state index is 0. The molecular weight excluding hydrogens is 579 g/mol. The number of nitrogens with one attached hydrogen (secondary N) is 2. The molecule has 0 aliphatic heterocycles. The minimum atomic E-state index is -0.182. The normalized spacial score (nSPS) is 12.4. The van der Waals surface area contributed by atoms with E-state index in [4.69, 9.17) is 0 Å². The molecule has 2 N–H and O–H groups in total. The smallest absolute Gasteiger partial charge is 0.872 e. The molecule has 0 radical (unpaired) electrons. The predicted octanol–water partition coefficient (Wildman–Crippen LogP) is 8.10. The summed E-state index contributed by atoms with van der Waals surface area (Å²) in [6.07, 6.45) is 0. The molecule has 2 aromatic carbocycles. The van der Waals surface area contributed by atoms with Gasteiger partial charge in [-0.15, -0.1) is 0 Å². The molecule has 43 heavy (non-hydrogen) atoms. The maximum Gasteiger partial charge on any atom is 2.00 e. The van der Waals surface area contributed by atoms with Gasteiger partial charge in [0.15, 0.2) is 0 Å². The van der Waals surface area contributed by atoms with Gasteiger partial charge in [-0.05, 0) is 93.2 Å². The number of aromatic nitrogens is 4. The molecule has 4 aromatic rings. The monoisotopic (exact) mass is 628 g/mol. The molecule has 2 heterocycles. The van der Waals surface area contributed by atoms with Crippen molar-refractivity contribution in [2.45, 2.75) is 119 Å². The zero-order valence-electron chi connectivity index (χ0n) is 28.5. The van der Waals surface area contributed by atoms with Crippen LogP contribution in [0.1, 0.15) is 117 Å². The van der Waals surface area contributed by atoms with Crippen LogP contribution in [0.4, 0.5) is 0 Å². The number of aryl methyl sites for hydroxylation is 2. The van der Waals surface area contributed by atoms with Gasteiger partial charge >= 0.3 is 16.5 Å². The summed E-state index contributed by atoms with van der Waals surface area (Å²) in [6.45, 7) is 29.4. The number of hydrogen-bond donors (Lipinski definition) is 2. The van der Waals surface area contributed by atoms with E-state index in [1.165, 1.54) is 11.1 Å².